The number of rotatable bonds is 2. The summed E-state index contributed by atoms with van der Waals surface area (Å²) in [5, 5.41) is 7.30. The molecule has 1 fully saturated rings. The molecule has 78 valence electrons. The normalized spacial score (nSPS) is 15.8. The summed E-state index contributed by atoms with van der Waals surface area (Å²) < 4.78 is 7.95. The summed E-state index contributed by atoms with van der Waals surface area (Å²) in [6.07, 6.45) is 2.30. The van der Waals surface area contributed by atoms with E-state index in [1.165, 1.54) is 0 Å². The topological polar surface area (TPSA) is 46.8 Å². The van der Waals surface area contributed by atoms with Crippen LogP contribution < -0.4 is 0 Å². The number of H-pyrrole nitrogens is 1. The SMILES string of the molecule is S=c1[nH]nc(-c2ccc(Cl)o2)n1C1CC1. The molecule has 0 atom stereocenters. The van der Waals surface area contributed by atoms with Gasteiger partial charge < -0.3 is 4.42 Å². The molecule has 0 bridgehead atoms. The minimum Gasteiger partial charge on any atom is -0.441 e. The molecular weight excluding hydrogens is 234 g/mol. The van der Waals surface area contributed by atoms with E-state index in [-0.39, 0.29) is 0 Å². The fraction of sp³-hybridized carbons (Fsp3) is 0.333. The molecule has 1 saturated carbocycles. The Balaban J connectivity index is 2.15. The monoisotopic (exact) mass is 241 g/mol. The highest BCUT2D eigenvalue weighted by atomic mass is 35.5. The Morgan fingerprint density at radius 1 is 1.53 bits per heavy atom. The van der Waals surface area contributed by atoms with Crippen molar-refractivity contribution in [1.29, 1.82) is 0 Å². The van der Waals surface area contributed by atoms with Crippen molar-refractivity contribution < 1.29 is 4.42 Å². The zero-order valence-electron chi connectivity index (χ0n) is 7.74. The molecule has 0 aromatic carbocycles. The summed E-state index contributed by atoms with van der Waals surface area (Å²) >= 11 is 10.9. The number of aromatic nitrogens is 3. The third kappa shape index (κ3) is 1.52. The van der Waals surface area contributed by atoms with Gasteiger partial charge in [0.05, 0.1) is 0 Å². The molecule has 1 N–H and O–H groups in total. The maximum atomic E-state index is 5.72. The highest BCUT2D eigenvalue weighted by Gasteiger charge is 2.28. The van der Waals surface area contributed by atoms with Gasteiger partial charge in [0, 0.05) is 6.04 Å². The molecule has 4 nitrogen and oxygen atoms in total. The predicted molar refractivity (Wildman–Crippen MR) is 58.4 cm³/mol. The van der Waals surface area contributed by atoms with Gasteiger partial charge in [-0.25, -0.2) is 0 Å². The van der Waals surface area contributed by atoms with Crippen LogP contribution in [0.4, 0.5) is 0 Å². The van der Waals surface area contributed by atoms with E-state index in [1.54, 1.807) is 12.1 Å². The van der Waals surface area contributed by atoms with Crippen LogP contribution in [-0.4, -0.2) is 14.8 Å². The van der Waals surface area contributed by atoms with Crippen LogP contribution >= 0.6 is 23.8 Å². The quantitative estimate of drug-likeness (QED) is 0.822. The first-order valence-corrected chi connectivity index (χ1v) is 5.47. The van der Waals surface area contributed by atoms with Crippen molar-refractivity contribution in [3.8, 4) is 11.6 Å². The zero-order valence-corrected chi connectivity index (χ0v) is 9.31. The average Bonchev–Trinajstić information content (AvgIpc) is 2.84. The van der Waals surface area contributed by atoms with Gasteiger partial charge in [-0.05, 0) is 48.8 Å². The molecule has 0 saturated heterocycles. The van der Waals surface area contributed by atoms with Gasteiger partial charge in [-0.15, -0.1) is 0 Å². The molecule has 1 aliphatic rings. The van der Waals surface area contributed by atoms with Crippen LogP contribution in [-0.2, 0) is 0 Å². The molecular formula is C9H8ClN3OS. The summed E-state index contributed by atoms with van der Waals surface area (Å²) in [6, 6.07) is 3.97. The zero-order chi connectivity index (χ0) is 10.4. The number of nitrogens with one attached hydrogen (secondary N) is 1. The molecule has 15 heavy (non-hydrogen) atoms. The second-order valence-electron chi connectivity index (χ2n) is 3.56. The second kappa shape index (κ2) is 3.21. The largest absolute Gasteiger partial charge is 0.441 e. The van der Waals surface area contributed by atoms with Gasteiger partial charge in [0.15, 0.2) is 21.6 Å². The van der Waals surface area contributed by atoms with Crippen LogP contribution in [0, 0.1) is 4.77 Å². The number of hydrogen-bond acceptors (Lipinski definition) is 3. The van der Waals surface area contributed by atoms with Crippen molar-refractivity contribution in [3.05, 3.63) is 22.1 Å². The number of hydrogen-bond donors (Lipinski definition) is 1. The number of halogens is 1. The first kappa shape index (κ1) is 9.18. The summed E-state index contributed by atoms with van der Waals surface area (Å²) in [6.45, 7) is 0. The van der Waals surface area contributed by atoms with Gasteiger partial charge in [0.2, 0.25) is 0 Å². The van der Waals surface area contributed by atoms with Crippen LogP contribution in [0.1, 0.15) is 18.9 Å². The fourth-order valence-electron chi connectivity index (χ4n) is 1.58. The maximum absolute atomic E-state index is 5.72. The van der Waals surface area contributed by atoms with Crippen molar-refractivity contribution in [3.63, 3.8) is 0 Å². The smallest absolute Gasteiger partial charge is 0.198 e. The first-order chi connectivity index (χ1) is 7.25. The van der Waals surface area contributed by atoms with Crippen molar-refractivity contribution in [2.75, 3.05) is 0 Å². The Bertz CT molecular complexity index is 552. The van der Waals surface area contributed by atoms with Crippen LogP contribution in [0.25, 0.3) is 11.6 Å². The number of furan rings is 1. The van der Waals surface area contributed by atoms with E-state index in [4.69, 9.17) is 28.2 Å². The Morgan fingerprint density at radius 3 is 2.93 bits per heavy atom. The lowest BCUT2D eigenvalue weighted by Gasteiger charge is -2.00. The lowest BCUT2D eigenvalue weighted by molar-refractivity contribution is 0.570. The minimum absolute atomic E-state index is 0.362. The van der Waals surface area contributed by atoms with E-state index in [2.05, 4.69) is 10.2 Å². The van der Waals surface area contributed by atoms with Crippen molar-refractivity contribution >= 4 is 23.8 Å². The Morgan fingerprint density at radius 2 is 2.33 bits per heavy atom. The Hall–Kier alpha value is -1.07. The van der Waals surface area contributed by atoms with Crippen molar-refractivity contribution in [2.24, 2.45) is 0 Å². The molecule has 2 aromatic heterocycles. The number of aromatic amines is 1. The Labute approximate surface area is 95.9 Å². The maximum Gasteiger partial charge on any atom is 0.198 e. The lowest BCUT2D eigenvalue weighted by Crippen LogP contribution is -1.96. The highest BCUT2D eigenvalue weighted by molar-refractivity contribution is 7.71. The Kier molecular flexibility index (Phi) is 1.97. The van der Waals surface area contributed by atoms with E-state index in [9.17, 15) is 0 Å². The minimum atomic E-state index is 0.362. The molecule has 0 unspecified atom stereocenters. The summed E-state index contributed by atoms with van der Waals surface area (Å²) in [4.78, 5) is 0. The average molecular weight is 242 g/mol. The third-order valence-electron chi connectivity index (χ3n) is 2.41. The standard InChI is InChI=1S/C9H8ClN3OS/c10-7-4-3-6(14-7)8-11-12-9(15)13(8)5-1-2-5/h3-5H,1-2H2,(H,12,15). The summed E-state index contributed by atoms with van der Waals surface area (Å²) in [5.74, 6) is 1.38. The van der Waals surface area contributed by atoms with E-state index < -0.39 is 0 Å². The second-order valence-corrected chi connectivity index (χ2v) is 4.32. The predicted octanol–water partition coefficient (Wildman–Crippen LogP) is 3.19. The van der Waals surface area contributed by atoms with Crippen LogP contribution in [0.3, 0.4) is 0 Å². The molecule has 0 spiro atoms. The summed E-state index contributed by atoms with van der Waals surface area (Å²) in [7, 11) is 0. The molecule has 0 radical (unpaired) electrons. The van der Waals surface area contributed by atoms with Crippen molar-refractivity contribution in [2.45, 2.75) is 18.9 Å². The molecule has 1 aliphatic carbocycles. The first-order valence-electron chi connectivity index (χ1n) is 4.68. The molecule has 3 rings (SSSR count). The number of nitrogens with zero attached hydrogens (tertiary/aromatic N) is 2. The summed E-state index contributed by atoms with van der Waals surface area (Å²) in [5.41, 5.74) is 0. The van der Waals surface area contributed by atoms with E-state index in [0.29, 0.717) is 21.8 Å². The molecule has 6 heteroatoms. The van der Waals surface area contributed by atoms with Gasteiger partial charge >= 0.3 is 0 Å². The van der Waals surface area contributed by atoms with E-state index >= 15 is 0 Å². The van der Waals surface area contributed by atoms with Crippen LogP contribution in [0.15, 0.2) is 16.5 Å². The van der Waals surface area contributed by atoms with E-state index in [0.717, 1.165) is 18.7 Å². The lowest BCUT2D eigenvalue weighted by atomic mass is 10.4. The molecule has 0 amide bonds. The van der Waals surface area contributed by atoms with Gasteiger partial charge in [-0.3, -0.25) is 9.67 Å². The molecule has 2 heterocycles. The third-order valence-corrected chi connectivity index (χ3v) is 2.90. The fourth-order valence-corrected chi connectivity index (χ4v) is 2.01. The van der Waals surface area contributed by atoms with Gasteiger partial charge in [-0.2, -0.15) is 5.10 Å². The van der Waals surface area contributed by atoms with Crippen molar-refractivity contribution in [1.82, 2.24) is 14.8 Å². The van der Waals surface area contributed by atoms with Crippen LogP contribution in [0.5, 0.6) is 0 Å². The molecule has 0 aliphatic heterocycles. The van der Waals surface area contributed by atoms with Gasteiger partial charge in [0.25, 0.3) is 0 Å². The highest BCUT2D eigenvalue weighted by Crippen LogP contribution is 2.38. The van der Waals surface area contributed by atoms with Gasteiger partial charge in [0.1, 0.15) is 0 Å². The van der Waals surface area contributed by atoms with E-state index in [1.807, 2.05) is 4.57 Å². The van der Waals surface area contributed by atoms with Crippen LogP contribution in [0.2, 0.25) is 5.22 Å². The van der Waals surface area contributed by atoms with Gasteiger partial charge in [-0.1, -0.05) is 0 Å². The molecule has 2 aromatic rings.